The first-order chi connectivity index (χ1) is 5.72. The fraction of sp³-hybridized carbons (Fsp3) is 0.143. The molecule has 0 saturated carbocycles. The molecule has 0 bridgehead atoms. The third-order valence-electron chi connectivity index (χ3n) is 1.25. The van der Waals surface area contributed by atoms with Crippen LogP contribution in [-0.4, -0.2) is 9.97 Å². The Hall–Kier alpha value is -1.62. The van der Waals surface area contributed by atoms with Crippen LogP contribution in [0.25, 0.3) is 6.08 Å². The highest BCUT2D eigenvalue weighted by molar-refractivity contribution is 5.49. The molecule has 0 aliphatic heterocycles. The van der Waals surface area contributed by atoms with E-state index in [2.05, 4.69) is 14.8 Å². The van der Waals surface area contributed by atoms with E-state index in [1.54, 1.807) is 19.1 Å². The van der Waals surface area contributed by atoms with Crippen LogP contribution in [-0.2, 0) is 4.84 Å². The number of allylic oxidation sites excluding steroid dienone is 1. The molecule has 1 aromatic heterocycles. The quantitative estimate of drug-likeness (QED) is 0.487. The van der Waals surface area contributed by atoms with E-state index in [0.29, 0.717) is 17.3 Å². The Morgan fingerprint density at radius 3 is 2.92 bits per heavy atom. The van der Waals surface area contributed by atoms with Crippen LogP contribution >= 0.6 is 0 Å². The van der Waals surface area contributed by atoms with E-state index in [4.69, 9.17) is 11.6 Å². The van der Waals surface area contributed by atoms with E-state index < -0.39 is 0 Å². The molecule has 0 spiro atoms. The lowest BCUT2D eigenvalue weighted by molar-refractivity contribution is 0.226. The molecule has 0 amide bonds. The number of nitrogens with two attached hydrogens (primary N) is 2. The normalized spacial score (nSPS) is 11.3. The summed E-state index contributed by atoms with van der Waals surface area (Å²) in [6, 6.07) is 1.63. The molecule has 4 N–H and O–H groups in total. The minimum absolute atomic E-state index is 0.418. The molecule has 1 rings (SSSR count). The predicted octanol–water partition coefficient (Wildman–Crippen LogP) is 0.310. The molecule has 1 aromatic rings. The lowest BCUT2D eigenvalue weighted by Crippen LogP contribution is -1.96. The first kappa shape index (κ1) is 8.48. The molecule has 1 heterocycles. The van der Waals surface area contributed by atoms with E-state index in [9.17, 15) is 0 Å². The number of anilines is 1. The summed E-state index contributed by atoms with van der Waals surface area (Å²) in [7, 11) is 0. The summed E-state index contributed by atoms with van der Waals surface area (Å²) in [4.78, 5) is 12.1. The van der Waals surface area contributed by atoms with Gasteiger partial charge in [0.2, 0.25) is 0 Å². The monoisotopic (exact) mass is 166 g/mol. The molecular formula is C7H10N4O. The molecule has 0 unspecified atom stereocenters. The number of nitrogens with zero attached hydrogens (tertiary/aromatic N) is 2. The molecule has 0 saturated heterocycles. The van der Waals surface area contributed by atoms with Gasteiger partial charge in [-0.1, -0.05) is 0 Å². The second-order valence-electron chi connectivity index (χ2n) is 2.24. The van der Waals surface area contributed by atoms with Crippen LogP contribution in [0.5, 0.6) is 0 Å². The largest absolute Gasteiger partial charge is 0.416 e. The molecule has 0 fully saturated rings. The Morgan fingerprint density at radius 1 is 1.58 bits per heavy atom. The van der Waals surface area contributed by atoms with Gasteiger partial charge in [0.25, 0.3) is 0 Å². The van der Waals surface area contributed by atoms with Crippen LogP contribution in [0.4, 0.5) is 5.82 Å². The van der Waals surface area contributed by atoms with Gasteiger partial charge in [0.05, 0.1) is 5.69 Å². The van der Waals surface area contributed by atoms with Crippen molar-refractivity contribution in [3.05, 3.63) is 23.8 Å². The molecule has 0 aliphatic carbocycles. The molecule has 0 atom stereocenters. The van der Waals surface area contributed by atoms with Crippen LogP contribution in [0.1, 0.15) is 12.6 Å². The van der Waals surface area contributed by atoms with E-state index in [1.807, 2.05) is 0 Å². The zero-order valence-corrected chi connectivity index (χ0v) is 6.69. The van der Waals surface area contributed by atoms with Gasteiger partial charge in [-0.25, -0.2) is 9.97 Å². The summed E-state index contributed by atoms with van der Waals surface area (Å²) < 4.78 is 0. The second kappa shape index (κ2) is 3.68. The molecule has 0 aliphatic rings. The Kier molecular flexibility index (Phi) is 2.60. The van der Waals surface area contributed by atoms with Crippen molar-refractivity contribution in [2.24, 2.45) is 5.90 Å². The van der Waals surface area contributed by atoms with Gasteiger partial charge in [-0.05, 0) is 6.92 Å². The Balaban J connectivity index is 2.89. The van der Waals surface area contributed by atoms with E-state index in [0.717, 1.165) is 0 Å². The topological polar surface area (TPSA) is 87.0 Å². The summed E-state index contributed by atoms with van der Waals surface area (Å²) in [5.74, 6) is 5.90. The van der Waals surface area contributed by atoms with Crippen molar-refractivity contribution in [1.29, 1.82) is 0 Å². The van der Waals surface area contributed by atoms with Crippen molar-refractivity contribution >= 4 is 11.9 Å². The maximum absolute atomic E-state index is 5.42. The molecule has 64 valence electrons. The summed E-state index contributed by atoms with van der Waals surface area (Å²) in [5, 5.41) is 0. The first-order valence-electron chi connectivity index (χ1n) is 3.35. The average Bonchev–Trinajstić information content (AvgIpc) is 2.04. The smallest absolute Gasteiger partial charge is 0.127 e. The van der Waals surface area contributed by atoms with Crippen molar-refractivity contribution in [1.82, 2.24) is 9.97 Å². The van der Waals surface area contributed by atoms with Gasteiger partial charge < -0.3 is 10.6 Å². The predicted molar refractivity (Wildman–Crippen MR) is 45.4 cm³/mol. The SMILES string of the molecule is C/C(=C\c1cc(N)ncn1)ON. The average molecular weight is 166 g/mol. The molecular weight excluding hydrogens is 156 g/mol. The summed E-state index contributed by atoms with van der Waals surface area (Å²) in [6.45, 7) is 1.72. The maximum atomic E-state index is 5.42. The lowest BCUT2D eigenvalue weighted by atomic mass is 10.3. The number of nitrogen functional groups attached to an aromatic ring is 1. The van der Waals surface area contributed by atoms with Crippen molar-refractivity contribution in [2.75, 3.05) is 5.73 Å². The van der Waals surface area contributed by atoms with Crippen LogP contribution in [0.3, 0.4) is 0 Å². The highest BCUT2D eigenvalue weighted by atomic mass is 16.6. The van der Waals surface area contributed by atoms with Gasteiger partial charge in [-0.3, -0.25) is 0 Å². The number of rotatable bonds is 2. The van der Waals surface area contributed by atoms with Crippen molar-refractivity contribution in [3.63, 3.8) is 0 Å². The van der Waals surface area contributed by atoms with Gasteiger partial charge in [0.15, 0.2) is 0 Å². The van der Waals surface area contributed by atoms with Crippen LogP contribution in [0.15, 0.2) is 18.2 Å². The fourth-order valence-corrected chi connectivity index (χ4v) is 0.709. The van der Waals surface area contributed by atoms with Crippen LogP contribution in [0.2, 0.25) is 0 Å². The van der Waals surface area contributed by atoms with Crippen LogP contribution < -0.4 is 11.6 Å². The molecule has 0 aromatic carbocycles. The standard InChI is InChI=1S/C7H10N4O/c1-5(12-9)2-6-3-7(8)11-4-10-6/h2-4H,9H2,1H3,(H2,8,10,11)/b5-2+. The number of hydrogen-bond donors (Lipinski definition) is 2. The third-order valence-corrected chi connectivity index (χ3v) is 1.25. The minimum Gasteiger partial charge on any atom is -0.416 e. The fourth-order valence-electron chi connectivity index (χ4n) is 0.709. The molecule has 5 nitrogen and oxygen atoms in total. The van der Waals surface area contributed by atoms with Gasteiger partial charge in [-0.15, -0.1) is 0 Å². The first-order valence-corrected chi connectivity index (χ1v) is 3.35. The zero-order chi connectivity index (χ0) is 8.97. The summed E-state index contributed by atoms with van der Waals surface area (Å²) in [5.41, 5.74) is 6.10. The van der Waals surface area contributed by atoms with E-state index >= 15 is 0 Å². The van der Waals surface area contributed by atoms with E-state index in [-0.39, 0.29) is 0 Å². The Bertz CT molecular complexity index is 297. The molecule has 12 heavy (non-hydrogen) atoms. The maximum Gasteiger partial charge on any atom is 0.127 e. The second-order valence-corrected chi connectivity index (χ2v) is 2.24. The zero-order valence-electron chi connectivity index (χ0n) is 6.69. The van der Waals surface area contributed by atoms with Crippen molar-refractivity contribution < 1.29 is 4.84 Å². The Morgan fingerprint density at radius 2 is 2.33 bits per heavy atom. The minimum atomic E-state index is 0.418. The van der Waals surface area contributed by atoms with E-state index in [1.165, 1.54) is 6.33 Å². The van der Waals surface area contributed by atoms with Crippen molar-refractivity contribution in [3.8, 4) is 0 Å². The Labute approximate surface area is 70.0 Å². The van der Waals surface area contributed by atoms with Gasteiger partial charge >= 0.3 is 0 Å². The molecule has 5 heteroatoms. The number of hydrogen-bond acceptors (Lipinski definition) is 5. The number of aromatic nitrogens is 2. The summed E-state index contributed by atoms with van der Waals surface area (Å²) >= 11 is 0. The third kappa shape index (κ3) is 2.21. The molecule has 0 radical (unpaired) electrons. The van der Waals surface area contributed by atoms with Gasteiger partial charge in [-0.2, -0.15) is 5.90 Å². The van der Waals surface area contributed by atoms with Crippen LogP contribution in [0, 0.1) is 0 Å². The summed E-state index contributed by atoms with van der Waals surface area (Å²) in [6.07, 6.45) is 3.04. The van der Waals surface area contributed by atoms with Crippen molar-refractivity contribution in [2.45, 2.75) is 6.92 Å². The van der Waals surface area contributed by atoms with Gasteiger partial charge in [0, 0.05) is 12.1 Å². The lowest BCUT2D eigenvalue weighted by Gasteiger charge is -1.97. The highest BCUT2D eigenvalue weighted by Gasteiger charge is 1.93. The highest BCUT2D eigenvalue weighted by Crippen LogP contribution is 2.04. The van der Waals surface area contributed by atoms with Gasteiger partial charge in [0.1, 0.15) is 17.9 Å².